The fourth-order valence-corrected chi connectivity index (χ4v) is 5.84. The van der Waals surface area contributed by atoms with Gasteiger partial charge in [-0.05, 0) is 68.1 Å². The Kier molecular flexibility index (Phi) is 3.19. The molecule has 5 rings (SSSR count). The van der Waals surface area contributed by atoms with Crippen molar-refractivity contribution in [3.8, 4) is 0 Å². The summed E-state index contributed by atoms with van der Waals surface area (Å²) < 4.78 is 0. The van der Waals surface area contributed by atoms with E-state index in [0.717, 1.165) is 36.1 Å². The molecule has 0 spiro atoms. The Balaban J connectivity index is 1.46. The third-order valence-corrected chi connectivity index (χ3v) is 6.52. The first-order valence-corrected chi connectivity index (χ1v) is 8.44. The number of hydrogen-bond donors (Lipinski definition) is 1. The molecule has 0 amide bonds. The van der Waals surface area contributed by atoms with Crippen molar-refractivity contribution >= 4 is 0 Å². The number of nitrogens with two attached hydrogens (primary N) is 1. The molecule has 0 aromatic rings. The molecule has 2 heteroatoms. The van der Waals surface area contributed by atoms with E-state index >= 15 is 0 Å². The van der Waals surface area contributed by atoms with Crippen molar-refractivity contribution in [2.24, 2.45) is 35.3 Å². The van der Waals surface area contributed by atoms with E-state index in [-0.39, 0.29) is 0 Å². The second-order valence-electron chi connectivity index (χ2n) is 7.61. The Hall–Kier alpha value is -0.340. The largest absolute Gasteiger partial charge is 0.329 e. The van der Waals surface area contributed by atoms with Crippen LogP contribution in [0.2, 0.25) is 0 Å². The first-order valence-electron chi connectivity index (χ1n) is 8.44. The van der Waals surface area contributed by atoms with Gasteiger partial charge in [0.1, 0.15) is 0 Å². The summed E-state index contributed by atoms with van der Waals surface area (Å²) in [5.41, 5.74) is 5.95. The molecule has 0 radical (unpaired) electrons. The molecule has 1 aliphatic heterocycles. The van der Waals surface area contributed by atoms with Gasteiger partial charge >= 0.3 is 0 Å². The molecule has 0 saturated heterocycles. The van der Waals surface area contributed by atoms with Crippen LogP contribution in [0.4, 0.5) is 0 Å². The number of hydrogen-bond acceptors (Lipinski definition) is 2. The normalized spacial score (nSPS) is 48.9. The third kappa shape index (κ3) is 2.17. The van der Waals surface area contributed by atoms with Crippen LogP contribution >= 0.6 is 0 Å². The number of rotatable bonds is 3. The van der Waals surface area contributed by atoms with Crippen molar-refractivity contribution in [1.29, 1.82) is 0 Å². The Morgan fingerprint density at radius 3 is 2.32 bits per heavy atom. The van der Waals surface area contributed by atoms with Crippen LogP contribution in [0, 0.1) is 29.6 Å². The van der Waals surface area contributed by atoms with E-state index in [1.165, 1.54) is 19.5 Å². The Labute approximate surface area is 117 Å². The van der Waals surface area contributed by atoms with Gasteiger partial charge in [0.15, 0.2) is 0 Å². The summed E-state index contributed by atoms with van der Waals surface area (Å²) >= 11 is 0. The van der Waals surface area contributed by atoms with E-state index in [2.05, 4.69) is 17.1 Å². The highest BCUT2D eigenvalue weighted by molar-refractivity contribution is 5.03. The van der Waals surface area contributed by atoms with Crippen molar-refractivity contribution in [3.05, 3.63) is 12.2 Å². The molecular weight excluding hydrogens is 232 g/mol. The quantitative estimate of drug-likeness (QED) is 0.791. The molecule has 2 N–H and O–H groups in total. The molecule has 4 saturated carbocycles. The molecule has 2 nitrogen and oxygen atoms in total. The summed E-state index contributed by atoms with van der Waals surface area (Å²) in [7, 11) is 0. The molecule has 4 aliphatic carbocycles. The van der Waals surface area contributed by atoms with Gasteiger partial charge in [0.2, 0.25) is 0 Å². The molecule has 19 heavy (non-hydrogen) atoms. The molecule has 1 unspecified atom stereocenters. The second kappa shape index (κ2) is 4.89. The summed E-state index contributed by atoms with van der Waals surface area (Å²) in [6.45, 7) is 3.37. The van der Waals surface area contributed by atoms with Gasteiger partial charge in [0.05, 0.1) is 0 Å². The van der Waals surface area contributed by atoms with Crippen LogP contribution in [-0.2, 0) is 0 Å². The average molecular weight is 260 g/mol. The van der Waals surface area contributed by atoms with Crippen LogP contribution in [0.5, 0.6) is 0 Å². The van der Waals surface area contributed by atoms with Crippen molar-refractivity contribution in [2.45, 2.75) is 44.6 Å². The van der Waals surface area contributed by atoms with Gasteiger partial charge in [-0.2, -0.15) is 0 Å². The van der Waals surface area contributed by atoms with Crippen molar-refractivity contribution in [3.63, 3.8) is 0 Å². The summed E-state index contributed by atoms with van der Waals surface area (Å²) in [5, 5.41) is 0. The van der Waals surface area contributed by atoms with Gasteiger partial charge < -0.3 is 5.73 Å². The van der Waals surface area contributed by atoms with Crippen molar-refractivity contribution in [1.82, 2.24) is 4.90 Å². The van der Waals surface area contributed by atoms with Crippen molar-refractivity contribution in [2.75, 3.05) is 19.6 Å². The monoisotopic (exact) mass is 260 g/mol. The predicted molar refractivity (Wildman–Crippen MR) is 78.7 cm³/mol. The van der Waals surface area contributed by atoms with Crippen LogP contribution < -0.4 is 5.73 Å². The smallest absolute Gasteiger partial charge is 0.0401 e. The zero-order chi connectivity index (χ0) is 12.8. The maximum absolute atomic E-state index is 5.95. The van der Waals surface area contributed by atoms with Gasteiger partial charge in [-0.15, -0.1) is 0 Å². The fraction of sp³-hybridized carbons (Fsp3) is 0.882. The molecule has 0 aromatic heterocycles. The molecule has 5 aliphatic rings. The molecule has 0 aromatic carbocycles. The van der Waals surface area contributed by atoms with Gasteiger partial charge in [-0.1, -0.05) is 12.2 Å². The molecule has 4 fully saturated rings. The summed E-state index contributed by atoms with van der Waals surface area (Å²) in [6, 6.07) is 0.519. The maximum Gasteiger partial charge on any atom is 0.0401 e. The standard InChI is InChI=1S/C17H28N2/c18-10-16-3-1-2-4-19(16)11-17-14-6-12-5-13(8-14)9-15(17)7-12/h1,3,12-17H,2,4-11,18H2. The van der Waals surface area contributed by atoms with Crippen molar-refractivity contribution < 1.29 is 0 Å². The Morgan fingerprint density at radius 2 is 1.68 bits per heavy atom. The van der Waals surface area contributed by atoms with Gasteiger partial charge in [0.25, 0.3) is 0 Å². The van der Waals surface area contributed by atoms with E-state index in [1.807, 2.05) is 0 Å². The molecule has 1 atom stereocenters. The summed E-state index contributed by atoms with van der Waals surface area (Å²) in [5.74, 6) is 5.31. The highest BCUT2D eigenvalue weighted by Gasteiger charge is 2.48. The van der Waals surface area contributed by atoms with Crippen LogP contribution in [-0.4, -0.2) is 30.6 Å². The average Bonchev–Trinajstić information content (AvgIpc) is 2.42. The van der Waals surface area contributed by atoms with Crippen LogP contribution in [0.3, 0.4) is 0 Å². The van der Waals surface area contributed by atoms with Crippen LogP contribution in [0.15, 0.2) is 12.2 Å². The topological polar surface area (TPSA) is 29.3 Å². The zero-order valence-electron chi connectivity index (χ0n) is 12.0. The lowest BCUT2D eigenvalue weighted by Gasteiger charge is -2.55. The van der Waals surface area contributed by atoms with Gasteiger partial charge in [-0.3, -0.25) is 4.90 Å². The maximum atomic E-state index is 5.95. The first-order chi connectivity index (χ1) is 9.33. The van der Waals surface area contributed by atoms with E-state index in [1.54, 1.807) is 32.1 Å². The Morgan fingerprint density at radius 1 is 1.00 bits per heavy atom. The molecular formula is C17H28N2. The van der Waals surface area contributed by atoms with Gasteiger partial charge in [0, 0.05) is 25.7 Å². The highest BCUT2D eigenvalue weighted by Crippen LogP contribution is 2.56. The SMILES string of the molecule is NCC1C=CCCN1CC1C2CC3CC(C2)CC1C3. The lowest BCUT2D eigenvalue weighted by molar-refractivity contribution is -0.0516. The molecule has 4 bridgehead atoms. The van der Waals surface area contributed by atoms with Crippen LogP contribution in [0.25, 0.3) is 0 Å². The minimum atomic E-state index is 0.519. The van der Waals surface area contributed by atoms with E-state index < -0.39 is 0 Å². The third-order valence-electron chi connectivity index (χ3n) is 6.52. The van der Waals surface area contributed by atoms with E-state index in [4.69, 9.17) is 5.73 Å². The zero-order valence-corrected chi connectivity index (χ0v) is 12.0. The highest BCUT2D eigenvalue weighted by atomic mass is 15.2. The van der Waals surface area contributed by atoms with Crippen LogP contribution in [0.1, 0.15) is 38.5 Å². The second-order valence-corrected chi connectivity index (χ2v) is 7.61. The van der Waals surface area contributed by atoms with E-state index in [0.29, 0.717) is 6.04 Å². The number of nitrogens with zero attached hydrogens (tertiary/aromatic N) is 1. The lowest BCUT2D eigenvalue weighted by Crippen LogP contribution is -2.52. The van der Waals surface area contributed by atoms with E-state index in [9.17, 15) is 0 Å². The minimum Gasteiger partial charge on any atom is -0.329 e. The molecule has 106 valence electrons. The fourth-order valence-electron chi connectivity index (χ4n) is 5.84. The lowest BCUT2D eigenvalue weighted by atomic mass is 9.52. The molecule has 1 heterocycles. The van der Waals surface area contributed by atoms with Gasteiger partial charge in [-0.25, -0.2) is 0 Å². The Bertz CT molecular complexity index is 334. The first kappa shape index (κ1) is 12.4. The predicted octanol–water partition coefficient (Wildman–Crippen LogP) is 2.65. The summed E-state index contributed by atoms with van der Waals surface area (Å²) in [6.07, 6.45) is 13.7. The minimum absolute atomic E-state index is 0.519. The summed E-state index contributed by atoms with van der Waals surface area (Å²) in [4.78, 5) is 2.69.